The summed E-state index contributed by atoms with van der Waals surface area (Å²) in [5.41, 5.74) is 2.91. The summed E-state index contributed by atoms with van der Waals surface area (Å²) < 4.78 is 1.72. The first-order valence-electron chi connectivity index (χ1n) is 11.5. The van der Waals surface area contributed by atoms with Crippen LogP contribution in [0.2, 0.25) is 0 Å². The normalized spacial score (nSPS) is 19.9. The summed E-state index contributed by atoms with van der Waals surface area (Å²) in [4.78, 5) is 39.8. The summed E-state index contributed by atoms with van der Waals surface area (Å²) >= 11 is 0. The van der Waals surface area contributed by atoms with E-state index in [0.29, 0.717) is 17.7 Å². The Labute approximate surface area is 197 Å². The molecule has 0 radical (unpaired) electrons. The van der Waals surface area contributed by atoms with E-state index in [0.717, 1.165) is 29.7 Å². The van der Waals surface area contributed by atoms with Gasteiger partial charge in [0.2, 0.25) is 0 Å². The van der Waals surface area contributed by atoms with Crippen LogP contribution in [-0.2, 0) is 24.8 Å². The molecule has 1 aliphatic heterocycles. The summed E-state index contributed by atoms with van der Waals surface area (Å²) in [7, 11) is 1.83. The molecule has 2 aliphatic rings. The summed E-state index contributed by atoms with van der Waals surface area (Å²) in [5.74, 6) is -0.246. The fourth-order valence-corrected chi connectivity index (χ4v) is 4.56. The lowest BCUT2D eigenvalue weighted by Crippen LogP contribution is -2.46. The quantitative estimate of drug-likeness (QED) is 0.533. The predicted molar refractivity (Wildman–Crippen MR) is 127 cm³/mol. The van der Waals surface area contributed by atoms with Gasteiger partial charge in [-0.05, 0) is 48.9 Å². The second kappa shape index (κ2) is 8.44. The number of nitrogens with one attached hydrogen (secondary N) is 2. The topological polar surface area (TPSA) is 96.3 Å². The van der Waals surface area contributed by atoms with Crippen LogP contribution in [0.15, 0.2) is 60.8 Å². The Hall–Kier alpha value is -3.94. The van der Waals surface area contributed by atoms with Gasteiger partial charge in [0.25, 0.3) is 11.8 Å². The molecular weight excluding hydrogens is 430 g/mol. The highest BCUT2D eigenvalue weighted by molar-refractivity contribution is 6.23. The molecule has 1 saturated heterocycles. The van der Waals surface area contributed by atoms with E-state index >= 15 is 0 Å². The molecule has 4 amide bonds. The third kappa shape index (κ3) is 3.96. The average molecular weight is 458 g/mol. The van der Waals surface area contributed by atoms with E-state index in [1.807, 2.05) is 43.4 Å². The van der Waals surface area contributed by atoms with Crippen LogP contribution >= 0.6 is 0 Å². The first kappa shape index (κ1) is 21.9. The highest BCUT2D eigenvalue weighted by Gasteiger charge is 2.56. The van der Waals surface area contributed by atoms with E-state index in [1.165, 1.54) is 4.90 Å². The molecule has 1 aromatic heterocycles. The van der Waals surface area contributed by atoms with Gasteiger partial charge >= 0.3 is 6.03 Å². The Balaban J connectivity index is 1.29. The molecule has 174 valence electrons. The van der Waals surface area contributed by atoms with Gasteiger partial charge in [0.1, 0.15) is 5.54 Å². The van der Waals surface area contributed by atoms with Gasteiger partial charge in [-0.15, -0.1) is 0 Å². The second-order valence-electron chi connectivity index (χ2n) is 9.19. The minimum atomic E-state index is -0.837. The number of hydrogen-bond donors (Lipinski definition) is 2. The number of carbonyl (C=O) groups excluding carboxylic acids is 3. The number of amides is 4. The average Bonchev–Trinajstić information content (AvgIpc) is 3.59. The zero-order chi connectivity index (χ0) is 23.9. The number of urea groups is 1. The summed E-state index contributed by atoms with van der Waals surface area (Å²) in [6, 6.07) is 16.7. The molecule has 0 spiro atoms. The van der Waals surface area contributed by atoms with Crippen LogP contribution in [0, 0.1) is 5.92 Å². The van der Waals surface area contributed by atoms with Gasteiger partial charge in [0, 0.05) is 20.0 Å². The lowest BCUT2D eigenvalue weighted by Gasteiger charge is -2.21. The third-order valence-corrected chi connectivity index (χ3v) is 6.75. The van der Waals surface area contributed by atoms with Gasteiger partial charge in [-0.2, -0.15) is 5.10 Å². The summed E-state index contributed by atoms with van der Waals surface area (Å²) in [6.45, 7) is 2.06. The molecule has 2 heterocycles. The Bertz CT molecular complexity index is 1260. The smallest absolute Gasteiger partial charge is 0.329 e. The number of imide groups is 1. The minimum Gasteiger partial charge on any atom is -0.348 e. The summed E-state index contributed by atoms with van der Waals surface area (Å²) in [6.07, 6.45) is 4.07. The first-order valence-corrected chi connectivity index (χ1v) is 11.5. The van der Waals surface area contributed by atoms with Gasteiger partial charge in [-0.1, -0.05) is 42.5 Å². The standard InChI is InChI=1S/C26H27N5O3/c1-26(19-11-12-19)24(33)31(25(34)29-26)20-10-6-9-18(13-20)15-27-23(32)21-16-28-30(2)22(21)14-17-7-4-3-5-8-17/h3-10,13,16,19H,11-12,14-15H2,1-2H3,(H,27,32)(H,29,34). The highest BCUT2D eigenvalue weighted by Crippen LogP contribution is 2.43. The van der Waals surface area contributed by atoms with Crippen LogP contribution in [0.25, 0.3) is 0 Å². The number of anilines is 1. The molecule has 0 bridgehead atoms. The fourth-order valence-electron chi connectivity index (χ4n) is 4.56. The number of carbonyl (C=O) groups is 3. The third-order valence-electron chi connectivity index (χ3n) is 6.75. The molecule has 1 aliphatic carbocycles. The van der Waals surface area contributed by atoms with Crippen molar-refractivity contribution in [2.75, 3.05) is 4.90 Å². The molecule has 8 heteroatoms. The fraction of sp³-hybridized carbons (Fsp3) is 0.308. The van der Waals surface area contributed by atoms with Gasteiger partial charge in [-0.3, -0.25) is 14.3 Å². The first-order chi connectivity index (χ1) is 16.4. The summed E-state index contributed by atoms with van der Waals surface area (Å²) in [5, 5.41) is 10.1. The van der Waals surface area contributed by atoms with Crippen LogP contribution in [0.5, 0.6) is 0 Å². The van der Waals surface area contributed by atoms with E-state index in [-0.39, 0.29) is 24.3 Å². The second-order valence-corrected chi connectivity index (χ2v) is 9.19. The van der Waals surface area contributed by atoms with Crippen molar-refractivity contribution in [3.8, 4) is 0 Å². The maximum Gasteiger partial charge on any atom is 0.329 e. The molecule has 1 atom stereocenters. The van der Waals surface area contributed by atoms with Crippen LogP contribution in [0.1, 0.15) is 46.9 Å². The van der Waals surface area contributed by atoms with E-state index < -0.39 is 11.6 Å². The maximum atomic E-state index is 13.0. The Morgan fingerprint density at radius 2 is 1.85 bits per heavy atom. The molecule has 1 saturated carbocycles. The Morgan fingerprint density at radius 3 is 2.59 bits per heavy atom. The zero-order valence-corrected chi connectivity index (χ0v) is 19.2. The van der Waals surface area contributed by atoms with E-state index in [1.54, 1.807) is 36.0 Å². The van der Waals surface area contributed by atoms with Crippen molar-refractivity contribution >= 4 is 23.5 Å². The lowest BCUT2D eigenvalue weighted by atomic mass is 9.96. The van der Waals surface area contributed by atoms with Crippen molar-refractivity contribution in [3.63, 3.8) is 0 Å². The highest BCUT2D eigenvalue weighted by atomic mass is 16.2. The van der Waals surface area contributed by atoms with E-state index in [2.05, 4.69) is 15.7 Å². The number of rotatable bonds is 7. The predicted octanol–water partition coefficient (Wildman–Crippen LogP) is 3.17. The van der Waals surface area contributed by atoms with Gasteiger partial charge < -0.3 is 10.6 Å². The van der Waals surface area contributed by atoms with Crippen molar-refractivity contribution in [1.82, 2.24) is 20.4 Å². The van der Waals surface area contributed by atoms with E-state index in [4.69, 9.17) is 0 Å². The maximum absolute atomic E-state index is 13.0. The number of nitrogens with zero attached hydrogens (tertiary/aromatic N) is 3. The van der Waals surface area contributed by atoms with Crippen molar-refractivity contribution in [2.45, 2.75) is 38.3 Å². The zero-order valence-electron chi connectivity index (χ0n) is 19.2. The van der Waals surface area contributed by atoms with E-state index in [9.17, 15) is 14.4 Å². The number of hydrogen-bond acceptors (Lipinski definition) is 4. The SMILES string of the molecule is Cn1ncc(C(=O)NCc2cccc(N3C(=O)NC(C)(C4CC4)C3=O)c2)c1Cc1ccccc1. The van der Waals surface area contributed by atoms with Crippen molar-refractivity contribution in [3.05, 3.63) is 83.2 Å². The van der Waals surface area contributed by atoms with Gasteiger partial charge in [0.05, 0.1) is 23.1 Å². The molecule has 5 rings (SSSR count). The Kier molecular flexibility index (Phi) is 5.43. The van der Waals surface area contributed by atoms with Crippen LogP contribution < -0.4 is 15.5 Å². The molecular formula is C26H27N5O3. The van der Waals surface area contributed by atoms with Gasteiger partial charge in [-0.25, -0.2) is 9.69 Å². The van der Waals surface area contributed by atoms with Crippen LogP contribution in [0.4, 0.5) is 10.5 Å². The number of benzene rings is 2. The molecule has 3 aromatic rings. The number of aryl methyl sites for hydroxylation is 1. The largest absolute Gasteiger partial charge is 0.348 e. The molecule has 8 nitrogen and oxygen atoms in total. The lowest BCUT2D eigenvalue weighted by molar-refractivity contribution is -0.122. The molecule has 2 aromatic carbocycles. The van der Waals surface area contributed by atoms with Crippen LogP contribution in [-0.4, -0.2) is 33.2 Å². The van der Waals surface area contributed by atoms with Crippen molar-refractivity contribution in [1.29, 1.82) is 0 Å². The van der Waals surface area contributed by atoms with Crippen molar-refractivity contribution < 1.29 is 14.4 Å². The molecule has 2 fully saturated rings. The Morgan fingerprint density at radius 1 is 1.12 bits per heavy atom. The molecule has 1 unspecified atom stereocenters. The molecule has 34 heavy (non-hydrogen) atoms. The van der Waals surface area contributed by atoms with Crippen molar-refractivity contribution in [2.24, 2.45) is 13.0 Å². The minimum absolute atomic E-state index is 0.195. The monoisotopic (exact) mass is 457 g/mol. The molecule has 2 N–H and O–H groups in total. The number of aromatic nitrogens is 2. The van der Waals surface area contributed by atoms with Gasteiger partial charge in [0.15, 0.2) is 0 Å². The van der Waals surface area contributed by atoms with Crippen LogP contribution in [0.3, 0.4) is 0 Å².